The highest BCUT2D eigenvalue weighted by Crippen LogP contribution is 2.23. The molecule has 2 rings (SSSR count). The van der Waals surface area contributed by atoms with Crippen molar-refractivity contribution in [2.45, 2.75) is 39.9 Å². The summed E-state index contributed by atoms with van der Waals surface area (Å²) in [6, 6.07) is 5.19. The summed E-state index contributed by atoms with van der Waals surface area (Å²) in [7, 11) is 0. The van der Waals surface area contributed by atoms with Crippen molar-refractivity contribution in [1.29, 1.82) is 0 Å². The topological polar surface area (TPSA) is 42.0 Å². The highest BCUT2D eigenvalue weighted by atomic mass is 19.1. The first kappa shape index (κ1) is 18.5. The molecule has 6 heteroatoms. The smallest absolute Gasteiger partial charge is 0.410 e. The van der Waals surface area contributed by atoms with Crippen LogP contribution >= 0.6 is 0 Å². The van der Waals surface area contributed by atoms with Crippen LogP contribution in [0.3, 0.4) is 0 Å². The van der Waals surface area contributed by atoms with Gasteiger partial charge in [0.25, 0.3) is 0 Å². The minimum absolute atomic E-state index is 0.252. The number of rotatable bonds is 4. The minimum Gasteiger partial charge on any atom is -0.444 e. The van der Waals surface area contributed by atoms with Gasteiger partial charge in [0.05, 0.1) is 12.3 Å². The molecule has 1 aromatic carbocycles. The van der Waals surface area contributed by atoms with Crippen LogP contribution in [-0.4, -0.2) is 49.4 Å². The van der Waals surface area contributed by atoms with Crippen molar-refractivity contribution in [1.82, 2.24) is 4.90 Å². The van der Waals surface area contributed by atoms with Crippen LogP contribution in [-0.2, 0) is 16.1 Å². The highest BCUT2D eigenvalue weighted by Gasteiger charge is 2.26. The third-order valence-corrected chi connectivity index (χ3v) is 3.76. The van der Waals surface area contributed by atoms with E-state index < -0.39 is 5.60 Å². The zero-order valence-electron chi connectivity index (χ0n) is 15.0. The van der Waals surface area contributed by atoms with Crippen LogP contribution in [0.2, 0.25) is 0 Å². The standard InChI is InChI=1S/C18H27FN2O3/c1-5-23-13-14-6-7-16(15(19)12-14)20-8-10-21(11-9-20)17(22)24-18(2,3)4/h6-7,12H,5,8-11,13H2,1-4H3. The fraction of sp³-hybridized carbons (Fsp3) is 0.611. The average Bonchev–Trinajstić information content (AvgIpc) is 2.51. The predicted octanol–water partition coefficient (Wildman–Crippen LogP) is 3.42. The lowest BCUT2D eigenvalue weighted by molar-refractivity contribution is 0.0240. The summed E-state index contributed by atoms with van der Waals surface area (Å²) >= 11 is 0. The summed E-state index contributed by atoms with van der Waals surface area (Å²) in [5, 5.41) is 0. The fourth-order valence-electron chi connectivity index (χ4n) is 2.57. The Morgan fingerprint density at radius 1 is 1.21 bits per heavy atom. The Hall–Kier alpha value is -1.82. The Bertz CT molecular complexity index is 564. The molecule has 1 fully saturated rings. The van der Waals surface area contributed by atoms with Gasteiger partial charge in [-0.25, -0.2) is 9.18 Å². The maximum Gasteiger partial charge on any atom is 0.410 e. The molecule has 1 heterocycles. The number of anilines is 1. The third kappa shape index (κ3) is 5.09. The van der Waals surface area contributed by atoms with Gasteiger partial charge in [0.1, 0.15) is 11.4 Å². The molecule has 0 aromatic heterocycles. The lowest BCUT2D eigenvalue weighted by atomic mass is 10.1. The van der Waals surface area contributed by atoms with Crippen LogP contribution in [0.15, 0.2) is 18.2 Å². The van der Waals surface area contributed by atoms with E-state index in [1.807, 2.05) is 38.7 Å². The number of benzene rings is 1. The molecule has 1 saturated heterocycles. The van der Waals surface area contributed by atoms with E-state index >= 15 is 0 Å². The monoisotopic (exact) mass is 338 g/mol. The van der Waals surface area contributed by atoms with Crippen LogP contribution in [0.5, 0.6) is 0 Å². The highest BCUT2D eigenvalue weighted by molar-refractivity contribution is 5.68. The first-order valence-electron chi connectivity index (χ1n) is 8.39. The molecule has 1 aromatic rings. The molecule has 0 unspecified atom stereocenters. The van der Waals surface area contributed by atoms with E-state index in [1.165, 1.54) is 6.07 Å². The van der Waals surface area contributed by atoms with Crippen molar-refractivity contribution >= 4 is 11.8 Å². The summed E-state index contributed by atoms with van der Waals surface area (Å²) in [4.78, 5) is 15.7. The first-order chi connectivity index (χ1) is 11.3. The summed E-state index contributed by atoms with van der Waals surface area (Å²) in [5.41, 5.74) is 0.890. The van der Waals surface area contributed by atoms with E-state index in [-0.39, 0.29) is 11.9 Å². The number of hydrogen-bond donors (Lipinski definition) is 0. The summed E-state index contributed by atoms with van der Waals surface area (Å²) < 4.78 is 25.0. The van der Waals surface area contributed by atoms with Gasteiger partial charge in [-0.05, 0) is 45.4 Å². The molecular weight excluding hydrogens is 311 g/mol. The predicted molar refractivity (Wildman–Crippen MR) is 91.8 cm³/mol. The number of halogens is 1. The van der Waals surface area contributed by atoms with E-state index in [0.717, 1.165) is 5.56 Å². The molecule has 134 valence electrons. The Morgan fingerprint density at radius 2 is 1.88 bits per heavy atom. The largest absolute Gasteiger partial charge is 0.444 e. The van der Waals surface area contributed by atoms with Crippen LogP contribution in [0, 0.1) is 5.82 Å². The Kier molecular flexibility index (Phi) is 6.04. The fourth-order valence-corrected chi connectivity index (χ4v) is 2.57. The van der Waals surface area contributed by atoms with Crippen LogP contribution in [0.1, 0.15) is 33.3 Å². The summed E-state index contributed by atoms with van der Waals surface area (Å²) in [6.45, 7) is 10.7. The number of hydrogen-bond acceptors (Lipinski definition) is 4. The number of carbonyl (C=O) groups excluding carboxylic acids is 1. The molecule has 0 saturated carbocycles. The average molecular weight is 338 g/mol. The summed E-state index contributed by atoms with van der Waals surface area (Å²) in [5.74, 6) is -0.252. The summed E-state index contributed by atoms with van der Waals surface area (Å²) in [6.07, 6.45) is -0.310. The molecule has 24 heavy (non-hydrogen) atoms. The minimum atomic E-state index is -0.503. The van der Waals surface area contributed by atoms with Crippen molar-refractivity contribution in [3.8, 4) is 0 Å². The molecule has 0 N–H and O–H groups in total. The SMILES string of the molecule is CCOCc1ccc(N2CCN(C(=O)OC(C)(C)C)CC2)c(F)c1. The molecule has 1 aliphatic heterocycles. The van der Waals surface area contributed by atoms with Crippen LogP contribution in [0.4, 0.5) is 14.9 Å². The Labute approximate surface area is 143 Å². The molecule has 0 atom stereocenters. The molecule has 5 nitrogen and oxygen atoms in total. The molecule has 1 aliphatic rings. The van der Waals surface area contributed by atoms with E-state index in [0.29, 0.717) is 45.1 Å². The van der Waals surface area contributed by atoms with Gasteiger partial charge >= 0.3 is 6.09 Å². The van der Waals surface area contributed by atoms with Crippen molar-refractivity contribution in [3.63, 3.8) is 0 Å². The van der Waals surface area contributed by atoms with Gasteiger partial charge in [0.15, 0.2) is 0 Å². The zero-order chi connectivity index (χ0) is 17.7. The van der Waals surface area contributed by atoms with Crippen molar-refractivity contribution in [2.75, 3.05) is 37.7 Å². The van der Waals surface area contributed by atoms with Gasteiger partial charge in [0, 0.05) is 32.8 Å². The van der Waals surface area contributed by atoms with E-state index in [4.69, 9.17) is 9.47 Å². The van der Waals surface area contributed by atoms with E-state index in [2.05, 4.69) is 0 Å². The number of nitrogens with zero attached hydrogens (tertiary/aromatic N) is 2. The second kappa shape index (κ2) is 7.83. The quantitative estimate of drug-likeness (QED) is 0.844. The number of ether oxygens (including phenoxy) is 2. The van der Waals surface area contributed by atoms with Gasteiger partial charge in [-0.15, -0.1) is 0 Å². The van der Waals surface area contributed by atoms with Gasteiger partial charge in [0.2, 0.25) is 0 Å². The molecule has 0 aliphatic carbocycles. The van der Waals surface area contributed by atoms with E-state index in [9.17, 15) is 9.18 Å². The number of amides is 1. The van der Waals surface area contributed by atoms with Crippen LogP contribution < -0.4 is 4.90 Å². The number of piperazine rings is 1. The lowest BCUT2D eigenvalue weighted by Gasteiger charge is -2.36. The lowest BCUT2D eigenvalue weighted by Crippen LogP contribution is -2.50. The Morgan fingerprint density at radius 3 is 2.42 bits per heavy atom. The van der Waals surface area contributed by atoms with Gasteiger partial charge in [-0.3, -0.25) is 0 Å². The van der Waals surface area contributed by atoms with Crippen LogP contribution in [0.25, 0.3) is 0 Å². The molecule has 0 radical (unpaired) electrons. The van der Waals surface area contributed by atoms with Gasteiger partial charge in [-0.2, -0.15) is 0 Å². The zero-order valence-corrected chi connectivity index (χ0v) is 15.0. The Balaban J connectivity index is 1.93. The number of carbonyl (C=O) groups is 1. The molecule has 0 bridgehead atoms. The third-order valence-electron chi connectivity index (χ3n) is 3.76. The van der Waals surface area contributed by atoms with Crippen molar-refractivity contribution in [2.24, 2.45) is 0 Å². The maximum absolute atomic E-state index is 14.3. The van der Waals surface area contributed by atoms with Crippen molar-refractivity contribution in [3.05, 3.63) is 29.6 Å². The second-order valence-corrected chi connectivity index (χ2v) is 6.88. The maximum atomic E-state index is 14.3. The van der Waals surface area contributed by atoms with Crippen molar-refractivity contribution < 1.29 is 18.7 Å². The normalized spacial score (nSPS) is 15.5. The van der Waals surface area contributed by atoms with Gasteiger partial charge in [-0.1, -0.05) is 6.07 Å². The molecular formula is C18H27FN2O3. The van der Waals surface area contributed by atoms with E-state index in [1.54, 1.807) is 11.0 Å². The molecule has 1 amide bonds. The first-order valence-corrected chi connectivity index (χ1v) is 8.39. The van der Waals surface area contributed by atoms with Gasteiger partial charge < -0.3 is 19.3 Å². The molecule has 0 spiro atoms. The second-order valence-electron chi connectivity index (χ2n) is 6.88.